The van der Waals surface area contributed by atoms with Crippen molar-refractivity contribution in [1.29, 1.82) is 0 Å². The monoisotopic (exact) mass is 229 g/mol. The molecule has 2 nitrogen and oxygen atoms in total. The first-order valence-corrected chi connectivity index (χ1v) is 6.21. The van der Waals surface area contributed by atoms with Crippen molar-refractivity contribution >= 4 is 12.0 Å². The molecule has 0 aromatic heterocycles. The molecule has 90 valence electrons. The lowest BCUT2D eigenvalue weighted by Crippen LogP contribution is -2.25. The lowest BCUT2D eigenvalue weighted by atomic mass is 10.1. The van der Waals surface area contributed by atoms with E-state index < -0.39 is 0 Å². The molecule has 0 saturated carbocycles. The fraction of sp³-hybridized carbons (Fsp3) is 0.400. The molecule has 1 amide bonds. The Balaban J connectivity index is 2.08. The molecule has 1 aromatic carbocycles. The summed E-state index contributed by atoms with van der Waals surface area (Å²) in [6, 6.07) is 6.30. The number of carbonyl (C=O) groups is 1. The van der Waals surface area contributed by atoms with Crippen LogP contribution in [0.5, 0.6) is 0 Å². The predicted octanol–water partition coefficient (Wildman–Crippen LogP) is 2.94. The first-order valence-electron chi connectivity index (χ1n) is 6.21. The number of nitrogens with zero attached hydrogens (tertiary/aromatic N) is 1. The van der Waals surface area contributed by atoms with E-state index >= 15 is 0 Å². The molecule has 1 saturated heterocycles. The maximum absolute atomic E-state index is 11.9. The number of benzene rings is 1. The molecule has 1 aromatic rings. The number of hydrogen-bond donors (Lipinski definition) is 0. The second kappa shape index (κ2) is 5.17. The Bertz CT molecular complexity index is 442. The normalized spacial score (nSPS) is 15.8. The number of likely N-dealkylation sites (tertiary alicyclic amines) is 1. The summed E-state index contributed by atoms with van der Waals surface area (Å²) in [7, 11) is 0. The van der Waals surface area contributed by atoms with Crippen molar-refractivity contribution in [3.63, 3.8) is 0 Å². The average Bonchev–Trinajstić information content (AvgIpc) is 2.83. The van der Waals surface area contributed by atoms with Crippen molar-refractivity contribution in [3.8, 4) is 0 Å². The summed E-state index contributed by atoms with van der Waals surface area (Å²) in [5, 5.41) is 0. The quantitative estimate of drug-likeness (QED) is 0.714. The summed E-state index contributed by atoms with van der Waals surface area (Å²) in [6.07, 6.45) is 5.92. The third-order valence-electron chi connectivity index (χ3n) is 3.26. The molecule has 17 heavy (non-hydrogen) atoms. The molecule has 1 aliphatic rings. The Hall–Kier alpha value is -1.57. The third-order valence-corrected chi connectivity index (χ3v) is 3.26. The molecule has 0 bridgehead atoms. The summed E-state index contributed by atoms with van der Waals surface area (Å²) in [6.45, 7) is 5.96. The minimum Gasteiger partial charge on any atom is -0.339 e. The molecule has 0 spiro atoms. The summed E-state index contributed by atoms with van der Waals surface area (Å²) in [5.74, 6) is 0.142. The van der Waals surface area contributed by atoms with Crippen LogP contribution in [-0.2, 0) is 4.79 Å². The molecule has 2 heteroatoms. The van der Waals surface area contributed by atoms with Crippen molar-refractivity contribution in [2.75, 3.05) is 13.1 Å². The Morgan fingerprint density at radius 2 is 1.94 bits per heavy atom. The van der Waals surface area contributed by atoms with Crippen LogP contribution in [0.1, 0.15) is 29.5 Å². The summed E-state index contributed by atoms with van der Waals surface area (Å²) < 4.78 is 0. The number of rotatable bonds is 2. The fourth-order valence-corrected chi connectivity index (χ4v) is 2.14. The molecule has 1 fully saturated rings. The van der Waals surface area contributed by atoms with Gasteiger partial charge in [0.25, 0.3) is 0 Å². The van der Waals surface area contributed by atoms with Crippen LogP contribution < -0.4 is 0 Å². The van der Waals surface area contributed by atoms with Crippen molar-refractivity contribution in [2.45, 2.75) is 26.7 Å². The van der Waals surface area contributed by atoms with Crippen LogP contribution in [0.4, 0.5) is 0 Å². The number of carbonyl (C=O) groups excluding carboxylic acids is 1. The highest BCUT2D eigenvalue weighted by Crippen LogP contribution is 2.13. The minimum absolute atomic E-state index is 0.142. The Morgan fingerprint density at radius 3 is 2.65 bits per heavy atom. The van der Waals surface area contributed by atoms with Gasteiger partial charge in [0.2, 0.25) is 5.91 Å². The van der Waals surface area contributed by atoms with Gasteiger partial charge in [-0.1, -0.05) is 23.8 Å². The smallest absolute Gasteiger partial charge is 0.246 e. The van der Waals surface area contributed by atoms with Crippen LogP contribution in [-0.4, -0.2) is 23.9 Å². The highest BCUT2D eigenvalue weighted by molar-refractivity contribution is 5.92. The van der Waals surface area contributed by atoms with Gasteiger partial charge in [-0.05, 0) is 43.9 Å². The van der Waals surface area contributed by atoms with Crippen LogP contribution >= 0.6 is 0 Å². The second-order valence-corrected chi connectivity index (χ2v) is 4.73. The molecule has 0 radical (unpaired) electrons. The van der Waals surface area contributed by atoms with Crippen molar-refractivity contribution < 1.29 is 4.79 Å². The van der Waals surface area contributed by atoms with Gasteiger partial charge in [0.05, 0.1) is 0 Å². The third kappa shape index (κ3) is 2.96. The molecule has 0 unspecified atom stereocenters. The fourth-order valence-electron chi connectivity index (χ4n) is 2.14. The van der Waals surface area contributed by atoms with Gasteiger partial charge in [-0.2, -0.15) is 0 Å². The van der Waals surface area contributed by atoms with E-state index in [4.69, 9.17) is 0 Å². The van der Waals surface area contributed by atoms with Gasteiger partial charge in [0.1, 0.15) is 0 Å². The van der Waals surface area contributed by atoms with Gasteiger partial charge < -0.3 is 4.90 Å². The van der Waals surface area contributed by atoms with Crippen LogP contribution in [0.25, 0.3) is 6.08 Å². The van der Waals surface area contributed by atoms with Crippen molar-refractivity contribution in [2.24, 2.45) is 0 Å². The molecule has 1 heterocycles. The van der Waals surface area contributed by atoms with Crippen molar-refractivity contribution in [1.82, 2.24) is 4.90 Å². The molecular weight excluding hydrogens is 210 g/mol. The molecule has 0 N–H and O–H groups in total. The number of amides is 1. The van der Waals surface area contributed by atoms with Gasteiger partial charge in [0.15, 0.2) is 0 Å². The van der Waals surface area contributed by atoms with Crippen LogP contribution in [0.3, 0.4) is 0 Å². The Morgan fingerprint density at radius 1 is 1.24 bits per heavy atom. The molecule has 2 rings (SSSR count). The van der Waals surface area contributed by atoms with Gasteiger partial charge in [-0.3, -0.25) is 4.79 Å². The second-order valence-electron chi connectivity index (χ2n) is 4.73. The average molecular weight is 229 g/mol. The molecular formula is C15H19NO. The lowest BCUT2D eigenvalue weighted by molar-refractivity contribution is -0.124. The highest BCUT2D eigenvalue weighted by Gasteiger charge is 2.14. The van der Waals surface area contributed by atoms with Gasteiger partial charge in [0, 0.05) is 19.2 Å². The summed E-state index contributed by atoms with van der Waals surface area (Å²) >= 11 is 0. The SMILES string of the molecule is Cc1ccc(C)c(/C=C/C(=O)N2CCCC2)c1. The number of aryl methyl sites for hydroxylation is 2. The summed E-state index contributed by atoms with van der Waals surface area (Å²) in [5.41, 5.74) is 3.57. The Labute approximate surface area is 103 Å². The van der Waals surface area contributed by atoms with Crippen LogP contribution in [0.2, 0.25) is 0 Å². The van der Waals surface area contributed by atoms with Crippen LogP contribution in [0.15, 0.2) is 24.3 Å². The predicted molar refractivity (Wildman–Crippen MR) is 70.8 cm³/mol. The zero-order chi connectivity index (χ0) is 12.3. The van der Waals surface area contributed by atoms with Crippen molar-refractivity contribution in [3.05, 3.63) is 41.0 Å². The molecule has 0 aliphatic carbocycles. The highest BCUT2D eigenvalue weighted by atomic mass is 16.2. The maximum atomic E-state index is 11.9. The zero-order valence-electron chi connectivity index (χ0n) is 10.6. The maximum Gasteiger partial charge on any atom is 0.246 e. The topological polar surface area (TPSA) is 20.3 Å². The minimum atomic E-state index is 0.142. The first-order chi connectivity index (χ1) is 8.16. The van der Waals surface area contributed by atoms with Gasteiger partial charge in [-0.25, -0.2) is 0 Å². The van der Waals surface area contributed by atoms with E-state index in [2.05, 4.69) is 32.0 Å². The lowest BCUT2D eigenvalue weighted by Gasteiger charge is -2.11. The van der Waals surface area contributed by atoms with E-state index in [9.17, 15) is 4.79 Å². The van der Waals surface area contributed by atoms with E-state index in [-0.39, 0.29) is 5.91 Å². The van der Waals surface area contributed by atoms with Crippen LogP contribution in [0, 0.1) is 13.8 Å². The zero-order valence-corrected chi connectivity index (χ0v) is 10.6. The van der Waals surface area contributed by atoms with Gasteiger partial charge >= 0.3 is 0 Å². The number of hydrogen-bond acceptors (Lipinski definition) is 1. The standard InChI is InChI=1S/C15H19NO/c1-12-5-6-13(2)14(11-12)7-8-15(17)16-9-3-4-10-16/h5-8,11H,3-4,9-10H2,1-2H3/b8-7+. The largest absolute Gasteiger partial charge is 0.339 e. The molecule has 1 aliphatic heterocycles. The van der Waals surface area contributed by atoms with E-state index in [1.807, 2.05) is 11.0 Å². The summed E-state index contributed by atoms with van der Waals surface area (Å²) in [4.78, 5) is 13.8. The van der Waals surface area contributed by atoms with E-state index in [0.29, 0.717) is 0 Å². The van der Waals surface area contributed by atoms with Gasteiger partial charge in [-0.15, -0.1) is 0 Å². The van der Waals surface area contributed by atoms with E-state index in [1.54, 1.807) is 6.08 Å². The molecule has 0 atom stereocenters. The Kier molecular flexibility index (Phi) is 3.62. The van der Waals surface area contributed by atoms with E-state index in [0.717, 1.165) is 31.5 Å². The first kappa shape index (κ1) is 11.9. The van der Waals surface area contributed by atoms with E-state index in [1.165, 1.54) is 11.1 Å².